The van der Waals surface area contributed by atoms with Crippen molar-refractivity contribution in [3.8, 4) is 0 Å². The Morgan fingerprint density at radius 2 is 1.92 bits per heavy atom. The van der Waals surface area contributed by atoms with Gasteiger partial charge in [0.2, 0.25) is 0 Å². The number of unbranched alkanes of at least 4 members (excludes halogenated alkanes) is 1. The summed E-state index contributed by atoms with van der Waals surface area (Å²) < 4.78 is 0. The topological polar surface area (TPSA) is 20.3 Å². The van der Waals surface area contributed by atoms with Crippen LogP contribution in [-0.2, 0) is 4.79 Å². The Kier molecular flexibility index (Phi) is 6.87. The number of Topliss-reactive ketones (excluding diaryl/α,β-unsaturated/α-hetero) is 1. The summed E-state index contributed by atoms with van der Waals surface area (Å²) >= 11 is 0. The molecule has 2 heteroatoms. The van der Waals surface area contributed by atoms with Crippen LogP contribution in [-0.4, -0.2) is 29.8 Å². The molecule has 0 radical (unpaired) electrons. The van der Waals surface area contributed by atoms with Gasteiger partial charge in [-0.1, -0.05) is 6.92 Å². The highest BCUT2D eigenvalue weighted by molar-refractivity contribution is 5.75. The lowest BCUT2D eigenvalue weighted by Crippen LogP contribution is -2.31. The van der Waals surface area contributed by atoms with Crippen LogP contribution < -0.4 is 0 Å². The number of hydrogen-bond acceptors (Lipinski definition) is 2. The smallest absolute Gasteiger partial charge is 0.129 e. The quantitative estimate of drug-likeness (QED) is 0.568. The molecule has 0 fully saturated rings. The van der Waals surface area contributed by atoms with Crippen molar-refractivity contribution in [3.05, 3.63) is 0 Å². The van der Waals surface area contributed by atoms with Gasteiger partial charge in [0.25, 0.3) is 0 Å². The van der Waals surface area contributed by atoms with E-state index in [1.165, 1.54) is 0 Å². The van der Waals surface area contributed by atoms with Crippen molar-refractivity contribution in [2.75, 3.05) is 13.1 Å². The second-order valence-electron chi connectivity index (χ2n) is 3.88. The third kappa shape index (κ3) is 6.76. The molecule has 0 aliphatic heterocycles. The van der Waals surface area contributed by atoms with Crippen molar-refractivity contribution in [1.82, 2.24) is 4.90 Å². The van der Waals surface area contributed by atoms with Crippen molar-refractivity contribution in [2.24, 2.45) is 0 Å². The molecule has 13 heavy (non-hydrogen) atoms. The molecule has 0 aliphatic rings. The third-order valence-electron chi connectivity index (χ3n) is 2.36. The average Bonchev–Trinajstić information content (AvgIpc) is 2.03. The number of hydrogen-bond donors (Lipinski definition) is 0. The highest BCUT2D eigenvalue weighted by atomic mass is 16.1. The van der Waals surface area contributed by atoms with E-state index in [-0.39, 0.29) is 0 Å². The molecule has 0 aliphatic carbocycles. The zero-order valence-corrected chi connectivity index (χ0v) is 9.47. The Balaban J connectivity index is 3.44. The molecule has 0 amide bonds. The molecular weight excluding hydrogens is 162 g/mol. The lowest BCUT2D eigenvalue weighted by atomic mass is 10.2. The minimum Gasteiger partial charge on any atom is -0.301 e. The van der Waals surface area contributed by atoms with Crippen LogP contribution in [0.4, 0.5) is 0 Å². The highest BCUT2D eigenvalue weighted by Crippen LogP contribution is 2.03. The van der Waals surface area contributed by atoms with Crippen molar-refractivity contribution < 1.29 is 4.79 Å². The summed E-state index contributed by atoms with van der Waals surface area (Å²) in [6.07, 6.45) is 2.93. The van der Waals surface area contributed by atoms with E-state index in [4.69, 9.17) is 0 Å². The number of nitrogens with zero attached hydrogens (tertiary/aromatic N) is 1. The van der Waals surface area contributed by atoms with Gasteiger partial charge >= 0.3 is 0 Å². The Morgan fingerprint density at radius 3 is 2.31 bits per heavy atom. The maximum absolute atomic E-state index is 10.7. The van der Waals surface area contributed by atoms with Crippen LogP contribution in [0.15, 0.2) is 0 Å². The number of rotatable bonds is 7. The van der Waals surface area contributed by atoms with E-state index < -0.39 is 0 Å². The van der Waals surface area contributed by atoms with E-state index in [0.717, 1.165) is 32.4 Å². The SMILES string of the molecule is CCN(CCCCC(C)=O)C(C)C. The summed E-state index contributed by atoms with van der Waals surface area (Å²) in [6, 6.07) is 0.627. The maximum Gasteiger partial charge on any atom is 0.129 e. The number of ketones is 1. The summed E-state index contributed by atoms with van der Waals surface area (Å²) in [5, 5.41) is 0. The van der Waals surface area contributed by atoms with Crippen LogP contribution in [0.5, 0.6) is 0 Å². The molecule has 0 rings (SSSR count). The monoisotopic (exact) mass is 185 g/mol. The summed E-state index contributed by atoms with van der Waals surface area (Å²) in [4.78, 5) is 13.1. The molecule has 0 N–H and O–H groups in total. The fraction of sp³-hybridized carbons (Fsp3) is 0.909. The second-order valence-corrected chi connectivity index (χ2v) is 3.88. The van der Waals surface area contributed by atoms with Gasteiger partial charge in [0.15, 0.2) is 0 Å². The fourth-order valence-electron chi connectivity index (χ4n) is 1.47. The highest BCUT2D eigenvalue weighted by Gasteiger charge is 2.05. The molecule has 0 aromatic carbocycles. The normalized spacial score (nSPS) is 11.2. The number of carbonyl (C=O) groups excluding carboxylic acids is 1. The minimum atomic E-state index is 0.313. The molecule has 0 saturated heterocycles. The lowest BCUT2D eigenvalue weighted by Gasteiger charge is -2.24. The van der Waals surface area contributed by atoms with Crippen LogP contribution in [0.1, 0.15) is 47.0 Å². The molecule has 0 aromatic heterocycles. The zero-order valence-electron chi connectivity index (χ0n) is 9.47. The molecule has 0 unspecified atom stereocenters. The van der Waals surface area contributed by atoms with Crippen molar-refractivity contribution in [2.45, 2.75) is 53.0 Å². The Bertz CT molecular complexity index is 143. The third-order valence-corrected chi connectivity index (χ3v) is 2.36. The van der Waals surface area contributed by atoms with Crippen LogP contribution in [0.25, 0.3) is 0 Å². The predicted molar refractivity (Wildman–Crippen MR) is 56.9 cm³/mol. The molecule has 0 heterocycles. The van der Waals surface area contributed by atoms with Gasteiger partial charge in [0.1, 0.15) is 5.78 Å². The molecule has 78 valence electrons. The first-order chi connectivity index (χ1) is 6.07. The van der Waals surface area contributed by atoms with E-state index >= 15 is 0 Å². The molecular formula is C11H23NO. The molecule has 0 aromatic rings. The maximum atomic E-state index is 10.7. The zero-order chi connectivity index (χ0) is 10.3. The average molecular weight is 185 g/mol. The first-order valence-electron chi connectivity index (χ1n) is 5.31. The van der Waals surface area contributed by atoms with Gasteiger partial charge < -0.3 is 9.69 Å². The van der Waals surface area contributed by atoms with Crippen LogP contribution in [0, 0.1) is 0 Å². The predicted octanol–water partition coefficient (Wildman–Crippen LogP) is 2.48. The van der Waals surface area contributed by atoms with E-state index in [9.17, 15) is 4.79 Å². The van der Waals surface area contributed by atoms with E-state index in [0.29, 0.717) is 11.8 Å². The molecule has 0 bridgehead atoms. The van der Waals surface area contributed by atoms with Crippen molar-refractivity contribution >= 4 is 5.78 Å². The Hall–Kier alpha value is -0.370. The van der Waals surface area contributed by atoms with Crippen LogP contribution in [0.3, 0.4) is 0 Å². The minimum absolute atomic E-state index is 0.313. The first kappa shape index (κ1) is 12.6. The van der Waals surface area contributed by atoms with Gasteiger partial charge in [0, 0.05) is 12.5 Å². The molecule has 0 atom stereocenters. The van der Waals surface area contributed by atoms with Gasteiger partial charge in [-0.25, -0.2) is 0 Å². The van der Waals surface area contributed by atoms with Crippen molar-refractivity contribution in [3.63, 3.8) is 0 Å². The Morgan fingerprint density at radius 1 is 1.31 bits per heavy atom. The van der Waals surface area contributed by atoms with Crippen molar-refractivity contribution in [1.29, 1.82) is 0 Å². The van der Waals surface area contributed by atoms with Crippen LogP contribution >= 0.6 is 0 Å². The number of carbonyl (C=O) groups is 1. The van der Waals surface area contributed by atoms with Gasteiger partial charge in [-0.15, -0.1) is 0 Å². The van der Waals surface area contributed by atoms with Gasteiger partial charge in [-0.05, 0) is 46.7 Å². The molecule has 2 nitrogen and oxygen atoms in total. The Labute approximate surface area is 82.3 Å². The van der Waals surface area contributed by atoms with E-state index in [1.807, 2.05) is 0 Å². The van der Waals surface area contributed by atoms with Gasteiger partial charge in [-0.2, -0.15) is 0 Å². The summed E-state index contributed by atoms with van der Waals surface area (Å²) in [6.45, 7) is 10.5. The second kappa shape index (κ2) is 7.07. The van der Waals surface area contributed by atoms with Crippen LogP contribution in [0.2, 0.25) is 0 Å². The summed E-state index contributed by atoms with van der Waals surface area (Å²) in [7, 11) is 0. The van der Waals surface area contributed by atoms with E-state index in [2.05, 4.69) is 25.7 Å². The first-order valence-corrected chi connectivity index (χ1v) is 5.31. The summed E-state index contributed by atoms with van der Waals surface area (Å²) in [5.74, 6) is 0.313. The molecule has 0 saturated carbocycles. The van der Waals surface area contributed by atoms with E-state index in [1.54, 1.807) is 6.92 Å². The standard InChI is InChI=1S/C11H23NO/c1-5-12(10(2)3)9-7-6-8-11(4)13/h10H,5-9H2,1-4H3. The lowest BCUT2D eigenvalue weighted by molar-refractivity contribution is -0.117. The molecule has 0 spiro atoms. The largest absolute Gasteiger partial charge is 0.301 e. The summed E-state index contributed by atoms with van der Waals surface area (Å²) in [5.41, 5.74) is 0. The fourth-order valence-corrected chi connectivity index (χ4v) is 1.47. The van der Waals surface area contributed by atoms with Gasteiger partial charge in [0.05, 0.1) is 0 Å². The van der Waals surface area contributed by atoms with Gasteiger partial charge in [-0.3, -0.25) is 0 Å².